The first kappa shape index (κ1) is 23.2. The van der Waals surface area contributed by atoms with E-state index in [0.29, 0.717) is 23.7 Å². The highest BCUT2D eigenvalue weighted by molar-refractivity contribution is 5.95. The second-order valence-electron chi connectivity index (χ2n) is 9.42. The third-order valence-electron chi connectivity index (χ3n) is 7.03. The van der Waals surface area contributed by atoms with Crippen molar-refractivity contribution >= 4 is 24.0 Å². The molecule has 1 heterocycles. The van der Waals surface area contributed by atoms with Crippen molar-refractivity contribution in [2.45, 2.75) is 57.6 Å². The van der Waals surface area contributed by atoms with Crippen molar-refractivity contribution in [3.8, 4) is 11.5 Å². The molecule has 1 amide bonds. The highest BCUT2D eigenvalue weighted by atomic mass is 16.5. The molecule has 0 saturated heterocycles. The highest BCUT2D eigenvalue weighted by Crippen LogP contribution is 2.39. The highest BCUT2D eigenvalue weighted by Gasteiger charge is 2.37. The molecule has 0 spiro atoms. The summed E-state index contributed by atoms with van der Waals surface area (Å²) in [6, 6.07) is 12.9. The minimum Gasteiger partial charge on any atom is -0.490 e. The minimum absolute atomic E-state index is 0.113. The van der Waals surface area contributed by atoms with E-state index in [0.717, 1.165) is 41.7 Å². The van der Waals surface area contributed by atoms with Gasteiger partial charge in [0.2, 0.25) is 5.91 Å². The number of benzene rings is 2. The first-order valence-corrected chi connectivity index (χ1v) is 12.5. The number of aliphatic carboxylic acids is 1. The summed E-state index contributed by atoms with van der Waals surface area (Å²) in [5.41, 5.74) is 1.60. The fraction of sp³-hybridized carbons (Fsp3) is 0.379. The minimum atomic E-state index is -0.965. The Morgan fingerprint density at radius 2 is 1.86 bits per heavy atom. The zero-order chi connectivity index (χ0) is 24.4. The maximum Gasteiger partial charge on any atom is 0.305 e. The lowest BCUT2D eigenvalue weighted by Crippen LogP contribution is -2.34. The Morgan fingerprint density at radius 1 is 1.09 bits per heavy atom. The smallest absolute Gasteiger partial charge is 0.305 e. The number of nitrogens with zero attached hydrogens (tertiary/aromatic N) is 1. The molecule has 1 fully saturated rings. The number of ether oxygens (including phenoxy) is 2. The zero-order valence-corrected chi connectivity index (χ0v) is 20.0. The van der Waals surface area contributed by atoms with Crippen molar-refractivity contribution in [2.75, 3.05) is 6.61 Å². The number of amides is 1. The van der Waals surface area contributed by atoms with E-state index in [1.165, 1.54) is 6.42 Å². The number of carboxylic acids is 1. The van der Waals surface area contributed by atoms with E-state index >= 15 is 0 Å². The van der Waals surface area contributed by atoms with Gasteiger partial charge in [0.05, 0.1) is 31.1 Å². The fourth-order valence-corrected chi connectivity index (χ4v) is 5.30. The lowest BCUT2D eigenvalue weighted by atomic mass is 9.94. The average Bonchev–Trinajstić information content (AvgIpc) is 3.18. The predicted octanol–water partition coefficient (Wildman–Crippen LogP) is 3.93. The third-order valence-corrected chi connectivity index (χ3v) is 7.03. The van der Waals surface area contributed by atoms with E-state index in [4.69, 9.17) is 9.47 Å². The van der Waals surface area contributed by atoms with Crippen molar-refractivity contribution < 1.29 is 24.2 Å². The maximum atomic E-state index is 13.5. The van der Waals surface area contributed by atoms with E-state index in [1.54, 1.807) is 11.1 Å². The summed E-state index contributed by atoms with van der Waals surface area (Å²) in [5, 5.41) is 11.8. The van der Waals surface area contributed by atoms with Gasteiger partial charge >= 0.3 is 5.97 Å². The average molecular weight is 474 g/mol. The molecule has 2 aromatic carbocycles. The van der Waals surface area contributed by atoms with Crippen LogP contribution >= 0.6 is 0 Å². The molecule has 1 saturated carbocycles. The second kappa shape index (κ2) is 9.98. The van der Waals surface area contributed by atoms with E-state index < -0.39 is 17.9 Å². The quantitative estimate of drug-likeness (QED) is 0.629. The van der Waals surface area contributed by atoms with Gasteiger partial charge in [-0.05, 0) is 72.4 Å². The Labute approximate surface area is 205 Å². The lowest BCUT2D eigenvalue weighted by Gasteiger charge is -2.28. The van der Waals surface area contributed by atoms with Crippen LogP contribution in [0.4, 0.5) is 0 Å². The Kier molecular flexibility index (Phi) is 6.62. The molecule has 0 radical (unpaired) electrons. The number of carboxylic acid groups (broad SMARTS) is 1. The van der Waals surface area contributed by atoms with Crippen LogP contribution in [-0.2, 0) is 9.59 Å². The van der Waals surface area contributed by atoms with Gasteiger partial charge in [-0.1, -0.05) is 42.8 Å². The molecule has 6 heteroatoms. The van der Waals surface area contributed by atoms with E-state index in [2.05, 4.69) is 0 Å². The Hall–Kier alpha value is -3.54. The molecule has 35 heavy (non-hydrogen) atoms. The first-order chi connectivity index (χ1) is 17.0. The Morgan fingerprint density at radius 3 is 2.60 bits per heavy atom. The molecular weight excluding hydrogens is 442 g/mol. The summed E-state index contributed by atoms with van der Waals surface area (Å²) in [6.45, 7) is 2.37. The molecule has 1 aliphatic heterocycles. The van der Waals surface area contributed by atoms with E-state index in [-0.39, 0.29) is 18.4 Å². The van der Waals surface area contributed by atoms with Gasteiger partial charge in [0, 0.05) is 6.20 Å². The molecule has 2 atom stereocenters. The van der Waals surface area contributed by atoms with Gasteiger partial charge in [-0.2, -0.15) is 0 Å². The van der Waals surface area contributed by atoms with Crippen LogP contribution in [0.2, 0.25) is 0 Å². The van der Waals surface area contributed by atoms with Gasteiger partial charge in [-0.25, -0.2) is 0 Å². The Balaban J connectivity index is 1.47. The van der Waals surface area contributed by atoms with Crippen molar-refractivity contribution in [1.82, 2.24) is 4.90 Å². The number of fused-ring (bicyclic) bond motifs is 2. The summed E-state index contributed by atoms with van der Waals surface area (Å²) in [7, 11) is 0. The second-order valence-corrected chi connectivity index (χ2v) is 9.42. The molecule has 3 aliphatic rings. The van der Waals surface area contributed by atoms with Gasteiger partial charge in [0.1, 0.15) is 0 Å². The number of hydrogen-bond donors (Lipinski definition) is 1. The molecule has 5 rings (SSSR count). The maximum absolute atomic E-state index is 13.5. The summed E-state index contributed by atoms with van der Waals surface area (Å²) >= 11 is 0. The number of hydrogen-bond acceptors (Lipinski definition) is 4. The van der Waals surface area contributed by atoms with Crippen molar-refractivity contribution in [2.24, 2.45) is 5.92 Å². The van der Waals surface area contributed by atoms with Gasteiger partial charge in [0.15, 0.2) is 11.5 Å². The molecule has 182 valence electrons. The van der Waals surface area contributed by atoms with Crippen LogP contribution in [0.25, 0.3) is 12.2 Å². The number of carbonyl (C=O) groups is 2. The van der Waals surface area contributed by atoms with Crippen molar-refractivity contribution in [1.29, 1.82) is 0 Å². The molecule has 1 N–H and O–H groups in total. The summed E-state index contributed by atoms with van der Waals surface area (Å²) in [6.07, 6.45) is 11.4. The van der Waals surface area contributed by atoms with Crippen molar-refractivity contribution in [3.05, 3.63) is 70.2 Å². The molecule has 0 aromatic heterocycles. The van der Waals surface area contributed by atoms with Gasteiger partial charge in [-0.15, -0.1) is 0 Å². The first-order valence-electron chi connectivity index (χ1n) is 12.5. The predicted molar refractivity (Wildman–Crippen MR) is 133 cm³/mol. The third kappa shape index (κ3) is 4.83. The zero-order valence-electron chi connectivity index (χ0n) is 20.0. The summed E-state index contributed by atoms with van der Waals surface area (Å²) in [5.74, 6) is -0.214. The SMILES string of the molecule is CCOc1cc(C(CC(=O)O)N2C=C3C=c4ccccc4=CC3C2=O)ccc1OC1CCCCC1. The summed E-state index contributed by atoms with van der Waals surface area (Å²) < 4.78 is 12.2. The molecule has 6 nitrogen and oxygen atoms in total. The molecular formula is C29H31NO5. The van der Waals surface area contributed by atoms with E-state index in [1.807, 2.05) is 61.5 Å². The van der Waals surface area contributed by atoms with Crippen LogP contribution in [0.15, 0.2) is 54.2 Å². The largest absolute Gasteiger partial charge is 0.490 e. The van der Waals surface area contributed by atoms with Crippen LogP contribution < -0.4 is 19.9 Å². The van der Waals surface area contributed by atoms with E-state index in [9.17, 15) is 14.7 Å². The van der Waals surface area contributed by atoms with Crippen LogP contribution in [-0.4, -0.2) is 34.6 Å². The van der Waals surface area contributed by atoms with Crippen molar-refractivity contribution in [3.63, 3.8) is 0 Å². The molecule has 2 aromatic rings. The van der Waals surface area contributed by atoms with Gasteiger partial charge in [-0.3, -0.25) is 9.59 Å². The monoisotopic (exact) mass is 473 g/mol. The van der Waals surface area contributed by atoms with Crippen LogP contribution in [0.1, 0.15) is 57.1 Å². The Bertz CT molecular complexity index is 1270. The van der Waals surface area contributed by atoms with Gasteiger partial charge in [0.25, 0.3) is 0 Å². The van der Waals surface area contributed by atoms with Crippen LogP contribution in [0.3, 0.4) is 0 Å². The normalized spacial score (nSPS) is 20.1. The summed E-state index contributed by atoms with van der Waals surface area (Å²) in [4.78, 5) is 26.9. The molecule has 2 aliphatic carbocycles. The van der Waals surface area contributed by atoms with Crippen LogP contribution in [0.5, 0.6) is 11.5 Å². The number of rotatable bonds is 8. The lowest BCUT2D eigenvalue weighted by molar-refractivity contribution is -0.139. The standard InChI is InChI=1S/C29H31NO5/c1-2-34-27-16-21(12-13-26(27)35-23-10-4-3-5-11-23)25(17-28(31)32)30-18-22-14-19-8-6-7-9-20(19)15-24(22)29(30)33/h6-9,12-16,18,23-25H,2-5,10-11,17H2,1H3,(H,31,32). The topological polar surface area (TPSA) is 76.1 Å². The molecule has 0 bridgehead atoms. The molecule has 2 unspecified atom stereocenters. The number of carbonyl (C=O) groups excluding carboxylic acids is 1. The van der Waals surface area contributed by atoms with Gasteiger partial charge < -0.3 is 19.5 Å². The fourth-order valence-electron chi connectivity index (χ4n) is 5.30. The van der Waals surface area contributed by atoms with Crippen LogP contribution in [0, 0.1) is 5.92 Å².